The Morgan fingerprint density at radius 2 is 1.84 bits per heavy atom. The van der Waals surface area contributed by atoms with Crippen molar-refractivity contribution >= 4 is 11.6 Å². The number of hydrogen-bond donors (Lipinski definition) is 1. The van der Waals surface area contributed by atoms with Crippen LogP contribution in [0.15, 0.2) is 35.1 Å². The second-order valence-electron chi connectivity index (χ2n) is 9.82. The van der Waals surface area contributed by atoms with Gasteiger partial charge in [0.1, 0.15) is 34.7 Å². The monoisotopic (exact) mass is 514 g/mol. The van der Waals surface area contributed by atoms with E-state index in [9.17, 15) is 18.4 Å². The summed E-state index contributed by atoms with van der Waals surface area (Å²) >= 11 is 0. The van der Waals surface area contributed by atoms with E-state index in [1.807, 2.05) is 6.92 Å². The lowest BCUT2D eigenvalue weighted by atomic mass is 9.86. The molecular weight excluding hydrogens is 485 g/mol. The normalized spacial score (nSPS) is 16.8. The Hall–Kier alpha value is -3.56. The average molecular weight is 515 g/mol. The van der Waals surface area contributed by atoms with Crippen LogP contribution in [0.25, 0.3) is 5.69 Å². The molecule has 5 rings (SSSR count). The Balaban J connectivity index is 1.53. The molecule has 0 unspecified atom stereocenters. The number of carbonyl (C=O) groups excluding carboxylic acids is 1. The largest absolute Gasteiger partial charge is 0.490 e. The van der Waals surface area contributed by atoms with Crippen LogP contribution in [0.2, 0.25) is 0 Å². The molecule has 1 saturated carbocycles. The number of carbonyl (C=O) groups is 1. The molecule has 1 N–H and O–H groups in total. The number of halogens is 3. The molecule has 3 aromatic rings. The van der Waals surface area contributed by atoms with Crippen LogP contribution in [0.3, 0.4) is 0 Å². The van der Waals surface area contributed by atoms with Gasteiger partial charge < -0.3 is 10.1 Å². The summed E-state index contributed by atoms with van der Waals surface area (Å²) in [6.45, 7) is 2.42. The van der Waals surface area contributed by atoms with Gasteiger partial charge in [-0.2, -0.15) is 4.68 Å². The van der Waals surface area contributed by atoms with Crippen molar-refractivity contribution in [3.05, 3.63) is 69.7 Å². The molecule has 0 spiro atoms. The average Bonchev–Trinajstić information content (AvgIpc) is 3.23. The van der Waals surface area contributed by atoms with E-state index in [-0.39, 0.29) is 34.7 Å². The molecule has 1 aliphatic carbocycles. The van der Waals surface area contributed by atoms with Crippen LogP contribution in [-0.2, 0) is 13.0 Å². The molecule has 196 valence electrons. The third-order valence-corrected chi connectivity index (χ3v) is 7.30. The molecule has 0 bridgehead atoms. The third kappa shape index (κ3) is 5.14. The molecule has 1 fully saturated rings. The molecule has 2 aromatic carbocycles. The van der Waals surface area contributed by atoms with Crippen molar-refractivity contribution in [1.29, 1.82) is 0 Å². The summed E-state index contributed by atoms with van der Waals surface area (Å²) in [4.78, 5) is 26.1. The fourth-order valence-electron chi connectivity index (χ4n) is 5.22. The molecule has 1 aromatic heterocycles. The maximum atomic E-state index is 15.4. The van der Waals surface area contributed by atoms with Crippen molar-refractivity contribution in [2.75, 3.05) is 5.32 Å². The maximum absolute atomic E-state index is 15.4. The van der Waals surface area contributed by atoms with Crippen molar-refractivity contribution in [3.63, 3.8) is 0 Å². The first-order chi connectivity index (χ1) is 17.8. The standard InChI is InChI=1S/C27H29F3N4O3/c1-16(17-7-3-2-4-8-17)37-24-15-23(34-27(36)33-12-6-5-9-25(33)32-34)21(30)14-19(24)26(35)31-22-11-10-18(28)13-20(22)29/h10-11,13-17H,2-9,12H2,1H3,(H,31,35)/t16-/m0/s1. The topological polar surface area (TPSA) is 78.2 Å². The number of rotatable bonds is 6. The summed E-state index contributed by atoms with van der Waals surface area (Å²) in [5.41, 5.74) is -0.988. The first-order valence-electron chi connectivity index (χ1n) is 12.8. The zero-order valence-corrected chi connectivity index (χ0v) is 20.6. The number of ether oxygens (including phenoxy) is 1. The summed E-state index contributed by atoms with van der Waals surface area (Å²) in [6.07, 6.45) is 7.36. The van der Waals surface area contributed by atoms with Crippen LogP contribution in [0.5, 0.6) is 5.75 Å². The molecule has 0 radical (unpaired) electrons. The smallest absolute Gasteiger partial charge is 0.350 e. The van der Waals surface area contributed by atoms with E-state index in [4.69, 9.17) is 4.74 Å². The van der Waals surface area contributed by atoms with E-state index < -0.39 is 29.0 Å². The molecular formula is C27H29F3N4O3. The Morgan fingerprint density at radius 3 is 2.57 bits per heavy atom. The van der Waals surface area contributed by atoms with Crippen molar-refractivity contribution in [2.45, 2.75) is 70.9 Å². The van der Waals surface area contributed by atoms with Crippen LogP contribution in [0.1, 0.15) is 68.1 Å². The second kappa shape index (κ2) is 10.4. The van der Waals surface area contributed by atoms with E-state index in [1.165, 1.54) is 10.6 Å². The second-order valence-corrected chi connectivity index (χ2v) is 9.82. The number of hydrogen-bond acceptors (Lipinski definition) is 4. The van der Waals surface area contributed by atoms with Gasteiger partial charge in [-0.25, -0.2) is 18.0 Å². The summed E-state index contributed by atoms with van der Waals surface area (Å²) in [7, 11) is 0. The van der Waals surface area contributed by atoms with Crippen LogP contribution >= 0.6 is 0 Å². The van der Waals surface area contributed by atoms with Gasteiger partial charge in [0.2, 0.25) is 0 Å². The van der Waals surface area contributed by atoms with Crippen LogP contribution < -0.4 is 15.7 Å². The zero-order valence-electron chi connectivity index (χ0n) is 20.6. The van der Waals surface area contributed by atoms with E-state index >= 15 is 4.39 Å². The van der Waals surface area contributed by atoms with Gasteiger partial charge in [-0.1, -0.05) is 19.3 Å². The fourth-order valence-corrected chi connectivity index (χ4v) is 5.22. The van der Waals surface area contributed by atoms with Gasteiger partial charge in [0.15, 0.2) is 0 Å². The lowest BCUT2D eigenvalue weighted by Crippen LogP contribution is -2.28. The highest BCUT2D eigenvalue weighted by atomic mass is 19.1. The minimum absolute atomic E-state index is 0.0624. The summed E-state index contributed by atoms with van der Waals surface area (Å²) < 4.78 is 51.7. The Labute approximate surface area is 212 Å². The SMILES string of the molecule is C[C@H](Oc1cc(-n2nc3n(c2=O)CCCC3)c(F)cc1C(=O)Nc1ccc(F)cc1F)C1CCCCC1. The number of anilines is 1. The van der Waals surface area contributed by atoms with Crippen molar-refractivity contribution < 1.29 is 22.7 Å². The highest BCUT2D eigenvalue weighted by molar-refractivity contribution is 6.06. The van der Waals surface area contributed by atoms with Crippen LogP contribution in [0, 0.1) is 23.4 Å². The van der Waals surface area contributed by atoms with Crippen LogP contribution in [0.4, 0.5) is 18.9 Å². The van der Waals surface area contributed by atoms with E-state index in [0.717, 1.165) is 67.8 Å². The predicted molar refractivity (Wildman–Crippen MR) is 132 cm³/mol. The van der Waals surface area contributed by atoms with Gasteiger partial charge >= 0.3 is 5.69 Å². The lowest BCUT2D eigenvalue weighted by Gasteiger charge is -2.29. The van der Waals surface area contributed by atoms with Gasteiger partial charge in [-0.3, -0.25) is 9.36 Å². The van der Waals surface area contributed by atoms with E-state index in [2.05, 4.69) is 10.4 Å². The maximum Gasteiger partial charge on any atom is 0.350 e. The fraction of sp³-hybridized carbons (Fsp3) is 0.444. The first kappa shape index (κ1) is 25.1. The molecule has 1 aliphatic heterocycles. The summed E-state index contributed by atoms with van der Waals surface area (Å²) in [5.74, 6) is -2.51. The predicted octanol–water partition coefficient (Wildman–Crippen LogP) is 5.39. The molecule has 1 atom stereocenters. The van der Waals surface area contributed by atoms with Gasteiger partial charge in [0.05, 0.1) is 17.4 Å². The first-order valence-corrected chi connectivity index (χ1v) is 12.8. The van der Waals surface area contributed by atoms with Gasteiger partial charge in [0, 0.05) is 25.1 Å². The van der Waals surface area contributed by atoms with Crippen molar-refractivity contribution in [1.82, 2.24) is 14.3 Å². The Kier molecular flexibility index (Phi) is 7.08. The van der Waals surface area contributed by atoms with Gasteiger partial charge in [-0.15, -0.1) is 5.10 Å². The van der Waals surface area contributed by atoms with E-state index in [1.54, 1.807) is 0 Å². The molecule has 37 heavy (non-hydrogen) atoms. The zero-order chi connectivity index (χ0) is 26.1. The lowest BCUT2D eigenvalue weighted by molar-refractivity contribution is 0.0996. The molecule has 2 heterocycles. The number of aromatic nitrogens is 3. The third-order valence-electron chi connectivity index (χ3n) is 7.30. The highest BCUT2D eigenvalue weighted by Gasteiger charge is 2.27. The molecule has 1 amide bonds. The molecule has 0 saturated heterocycles. The van der Waals surface area contributed by atoms with Crippen molar-refractivity contribution in [2.24, 2.45) is 5.92 Å². The van der Waals surface area contributed by atoms with Gasteiger partial charge in [0.25, 0.3) is 5.91 Å². The quantitative estimate of drug-likeness (QED) is 0.479. The minimum Gasteiger partial charge on any atom is -0.490 e. The number of benzene rings is 2. The highest BCUT2D eigenvalue weighted by Crippen LogP contribution is 2.32. The Morgan fingerprint density at radius 1 is 1.05 bits per heavy atom. The number of nitrogens with zero attached hydrogens (tertiary/aromatic N) is 3. The summed E-state index contributed by atoms with van der Waals surface area (Å²) in [6, 6.07) is 5.03. The number of nitrogens with one attached hydrogen (secondary N) is 1. The van der Waals surface area contributed by atoms with Gasteiger partial charge in [-0.05, 0) is 56.7 Å². The molecule has 10 heteroatoms. The van der Waals surface area contributed by atoms with Crippen LogP contribution in [-0.4, -0.2) is 26.4 Å². The number of amides is 1. The molecule has 7 nitrogen and oxygen atoms in total. The number of aryl methyl sites for hydroxylation is 1. The minimum atomic E-state index is -0.960. The number of fused-ring (bicyclic) bond motifs is 1. The molecule has 2 aliphatic rings. The van der Waals surface area contributed by atoms with E-state index in [0.29, 0.717) is 24.9 Å². The summed E-state index contributed by atoms with van der Waals surface area (Å²) in [5, 5.41) is 6.71. The Bertz CT molecular complexity index is 1380. The van der Waals surface area contributed by atoms with Crippen molar-refractivity contribution in [3.8, 4) is 11.4 Å².